The molecular weight excluding hydrogens is 236 g/mol. The predicted octanol–water partition coefficient (Wildman–Crippen LogP) is 2.90. The summed E-state index contributed by atoms with van der Waals surface area (Å²) in [5, 5.41) is 3.68. The van der Waals surface area contributed by atoms with E-state index in [1.807, 2.05) is 0 Å². The van der Waals surface area contributed by atoms with Crippen LogP contribution in [0.1, 0.15) is 53.9 Å². The van der Waals surface area contributed by atoms with E-state index in [0.29, 0.717) is 11.5 Å². The highest BCUT2D eigenvalue weighted by atomic mass is 16.5. The number of hydrogen-bond acceptors (Lipinski definition) is 3. The fraction of sp³-hybridized carbons (Fsp3) is 1.00. The SMILES string of the molecule is CCC(CC)N(C)CC1(CNC(C)(C)C)CCOC1. The van der Waals surface area contributed by atoms with Gasteiger partial charge in [-0.2, -0.15) is 0 Å². The molecular formula is C16H34N2O. The van der Waals surface area contributed by atoms with Crippen LogP contribution in [0.5, 0.6) is 0 Å². The first-order valence-corrected chi connectivity index (χ1v) is 7.85. The molecule has 0 amide bonds. The third-order valence-corrected chi connectivity index (χ3v) is 4.33. The van der Waals surface area contributed by atoms with Crippen LogP contribution in [-0.2, 0) is 4.74 Å². The lowest BCUT2D eigenvalue weighted by atomic mass is 9.85. The highest BCUT2D eigenvalue weighted by Crippen LogP contribution is 2.30. The van der Waals surface area contributed by atoms with Crippen molar-refractivity contribution in [3.8, 4) is 0 Å². The first-order chi connectivity index (χ1) is 8.82. The molecule has 0 aromatic carbocycles. The molecule has 0 spiro atoms. The summed E-state index contributed by atoms with van der Waals surface area (Å²) in [4.78, 5) is 2.54. The molecule has 1 heterocycles. The highest BCUT2D eigenvalue weighted by Gasteiger charge is 2.37. The summed E-state index contributed by atoms with van der Waals surface area (Å²) < 4.78 is 5.71. The van der Waals surface area contributed by atoms with Gasteiger partial charge in [-0.1, -0.05) is 13.8 Å². The largest absolute Gasteiger partial charge is 0.381 e. The molecule has 1 unspecified atom stereocenters. The Labute approximate surface area is 120 Å². The Kier molecular flexibility index (Phi) is 6.28. The minimum Gasteiger partial charge on any atom is -0.381 e. The molecule has 0 bridgehead atoms. The Morgan fingerprint density at radius 2 is 1.89 bits per heavy atom. The number of rotatable bonds is 7. The van der Waals surface area contributed by atoms with E-state index in [-0.39, 0.29) is 5.54 Å². The zero-order valence-corrected chi connectivity index (χ0v) is 13.9. The summed E-state index contributed by atoms with van der Waals surface area (Å²) in [5.74, 6) is 0. The van der Waals surface area contributed by atoms with Gasteiger partial charge in [0.15, 0.2) is 0 Å². The van der Waals surface area contributed by atoms with Crippen molar-refractivity contribution in [3.05, 3.63) is 0 Å². The molecule has 0 aromatic heterocycles. The van der Waals surface area contributed by atoms with Gasteiger partial charge in [0.25, 0.3) is 0 Å². The minimum absolute atomic E-state index is 0.184. The highest BCUT2D eigenvalue weighted by molar-refractivity contribution is 4.91. The summed E-state index contributed by atoms with van der Waals surface area (Å²) in [6.07, 6.45) is 3.65. The lowest BCUT2D eigenvalue weighted by Gasteiger charge is -2.38. The monoisotopic (exact) mass is 270 g/mol. The molecule has 0 saturated carbocycles. The number of ether oxygens (including phenoxy) is 1. The van der Waals surface area contributed by atoms with Gasteiger partial charge in [0.2, 0.25) is 0 Å². The smallest absolute Gasteiger partial charge is 0.0547 e. The van der Waals surface area contributed by atoms with Crippen LogP contribution in [0, 0.1) is 5.41 Å². The van der Waals surface area contributed by atoms with Crippen LogP contribution < -0.4 is 5.32 Å². The number of nitrogens with one attached hydrogen (secondary N) is 1. The van der Waals surface area contributed by atoms with Crippen molar-refractivity contribution in [2.24, 2.45) is 5.41 Å². The van der Waals surface area contributed by atoms with Crippen LogP contribution in [0.2, 0.25) is 0 Å². The van der Waals surface area contributed by atoms with E-state index in [0.717, 1.165) is 26.3 Å². The summed E-state index contributed by atoms with van der Waals surface area (Å²) >= 11 is 0. The number of hydrogen-bond donors (Lipinski definition) is 1. The zero-order valence-electron chi connectivity index (χ0n) is 13.9. The van der Waals surface area contributed by atoms with Gasteiger partial charge >= 0.3 is 0 Å². The van der Waals surface area contributed by atoms with E-state index in [2.05, 4.69) is 51.9 Å². The Bertz CT molecular complexity index is 250. The van der Waals surface area contributed by atoms with Gasteiger partial charge in [-0.05, 0) is 47.1 Å². The van der Waals surface area contributed by atoms with Crippen LogP contribution in [0.3, 0.4) is 0 Å². The average molecular weight is 270 g/mol. The summed E-state index contributed by atoms with van der Waals surface area (Å²) in [5.41, 5.74) is 0.480. The lowest BCUT2D eigenvalue weighted by molar-refractivity contribution is 0.0930. The van der Waals surface area contributed by atoms with E-state index >= 15 is 0 Å². The molecule has 1 aliphatic rings. The third-order valence-electron chi connectivity index (χ3n) is 4.33. The summed E-state index contributed by atoms with van der Waals surface area (Å²) in [7, 11) is 2.27. The van der Waals surface area contributed by atoms with Crippen molar-refractivity contribution < 1.29 is 4.74 Å². The first-order valence-electron chi connectivity index (χ1n) is 7.85. The zero-order chi connectivity index (χ0) is 14.5. The molecule has 1 fully saturated rings. The maximum absolute atomic E-state index is 5.71. The molecule has 1 atom stereocenters. The van der Waals surface area contributed by atoms with Gasteiger partial charge in [-0.15, -0.1) is 0 Å². The molecule has 3 heteroatoms. The number of nitrogens with zero attached hydrogens (tertiary/aromatic N) is 1. The van der Waals surface area contributed by atoms with Crippen LogP contribution >= 0.6 is 0 Å². The second kappa shape index (κ2) is 7.05. The van der Waals surface area contributed by atoms with E-state index in [9.17, 15) is 0 Å². The van der Waals surface area contributed by atoms with Gasteiger partial charge < -0.3 is 15.0 Å². The Hall–Kier alpha value is -0.120. The molecule has 19 heavy (non-hydrogen) atoms. The van der Waals surface area contributed by atoms with E-state index in [1.54, 1.807) is 0 Å². The Balaban J connectivity index is 2.61. The molecule has 1 saturated heterocycles. The van der Waals surface area contributed by atoms with Gasteiger partial charge in [0, 0.05) is 36.7 Å². The Morgan fingerprint density at radius 3 is 2.32 bits per heavy atom. The summed E-state index contributed by atoms with van der Waals surface area (Å²) in [6, 6.07) is 0.701. The molecule has 3 nitrogen and oxygen atoms in total. The van der Waals surface area contributed by atoms with Crippen molar-refractivity contribution in [2.45, 2.75) is 65.5 Å². The quantitative estimate of drug-likeness (QED) is 0.770. The minimum atomic E-state index is 0.184. The van der Waals surface area contributed by atoms with E-state index in [1.165, 1.54) is 19.3 Å². The third kappa shape index (κ3) is 5.41. The molecule has 0 radical (unpaired) electrons. The predicted molar refractivity (Wildman–Crippen MR) is 82.6 cm³/mol. The van der Waals surface area contributed by atoms with Crippen LogP contribution in [-0.4, -0.2) is 49.8 Å². The lowest BCUT2D eigenvalue weighted by Crippen LogP contribution is -2.50. The molecule has 1 N–H and O–H groups in total. The topological polar surface area (TPSA) is 24.5 Å². The molecule has 1 rings (SSSR count). The fourth-order valence-corrected chi connectivity index (χ4v) is 2.99. The van der Waals surface area contributed by atoms with Crippen molar-refractivity contribution in [1.29, 1.82) is 0 Å². The fourth-order valence-electron chi connectivity index (χ4n) is 2.99. The van der Waals surface area contributed by atoms with Crippen LogP contribution in [0.25, 0.3) is 0 Å². The van der Waals surface area contributed by atoms with Crippen molar-refractivity contribution in [1.82, 2.24) is 10.2 Å². The summed E-state index contributed by atoms with van der Waals surface area (Å²) in [6.45, 7) is 15.3. The second-order valence-electron chi connectivity index (χ2n) is 7.29. The first kappa shape index (κ1) is 16.9. The van der Waals surface area contributed by atoms with Crippen LogP contribution in [0.4, 0.5) is 0 Å². The normalized spacial score (nSPS) is 24.6. The van der Waals surface area contributed by atoms with Crippen molar-refractivity contribution >= 4 is 0 Å². The maximum atomic E-state index is 5.71. The Morgan fingerprint density at radius 1 is 1.26 bits per heavy atom. The van der Waals surface area contributed by atoms with Gasteiger partial charge in [-0.3, -0.25) is 0 Å². The standard InChI is InChI=1S/C16H34N2O/c1-7-14(8-2)18(6)12-16(9-10-19-13-16)11-17-15(3,4)5/h14,17H,7-13H2,1-6H3. The van der Waals surface area contributed by atoms with Gasteiger partial charge in [0.05, 0.1) is 6.61 Å². The van der Waals surface area contributed by atoms with Crippen molar-refractivity contribution in [3.63, 3.8) is 0 Å². The maximum Gasteiger partial charge on any atom is 0.0547 e. The van der Waals surface area contributed by atoms with Crippen molar-refractivity contribution in [2.75, 3.05) is 33.4 Å². The average Bonchev–Trinajstić information content (AvgIpc) is 2.76. The van der Waals surface area contributed by atoms with Gasteiger partial charge in [0.1, 0.15) is 0 Å². The molecule has 114 valence electrons. The van der Waals surface area contributed by atoms with E-state index < -0.39 is 0 Å². The van der Waals surface area contributed by atoms with E-state index in [4.69, 9.17) is 4.74 Å². The van der Waals surface area contributed by atoms with Gasteiger partial charge in [-0.25, -0.2) is 0 Å². The van der Waals surface area contributed by atoms with Crippen LogP contribution in [0.15, 0.2) is 0 Å². The molecule has 0 aliphatic carbocycles. The second-order valence-corrected chi connectivity index (χ2v) is 7.29. The molecule has 0 aromatic rings. The molecule has 1 aliphatic heterocycles.